The van der Waals surface area contributed by atoms with Gasteiger partial charge in [0.15, 0.2) is 0 Å². The second kappa shape index (κ2) is 10.6. The highest BCUT2D eigenvalue weighted by Gasteiger charge is 2.24. The zero-order valence-corrected chi connectivity index (χ0v) is 21.8. The van der Waals surface area contributed by atoms with Crippen molar-refractivity contribution in [2.45, 2.75) is 44.6 Å². The summed E-state index contributed by atoms with van der Waals surface area (Å²) in [4.78, 5) is 13.8. The standard InChI is InChI=1S/C28H30N2O3S2/c1-4-30(35(32,33)25-15-10-20(2)11-16-25)24-14-17-26-23(18-24)19-27(34-26)28(31)29-21(3)12-13-22-8-6-5-7-9-22/h5-11,14-19,21H,4,12-13H2,1-3H3,(H,29,31). The smallest absolute Gasteiger partial charge is 0.264 e. The van der Waals surface area contributed by atoms with E-state index in [-0.39, 0.29) is 16.8 Å². The van der Waals surface area contributed by atoms with E-state index >= 15 is 0 Å². The highest BCUT2D eigenvalue weighted by molar-refractivity contribution is 7.92. The molecular formula is C28H30N2O3S2. The lowest BCUT2D eigenvalue weighted by atomic mass is 10.1. The fourth-order valence-corrected chi connectivity index (χ4v) is 6.43. The molecule has 0 bridgehead atoms. The van der Waals surface area contributed by atoms with E-state index in [9.17, 15) is 13.2 Å². The van der Waals surface area contributed by atoms with Gasteiger partial charge in [0, 0.05) is 17.3 Å². The first kappa shape index (κ1) is 24.9. The minimum absolute atomic E-state index is 0.0405. The van der Waals surface area contributed by atoms with Crippen molar-refractivity contribution in [3.8, 4) is 0 Å². The summed E-state index contributed by atoms with van der Waals surface area (Å²) in [6, 6.07) is 24.5. The number of sulfonamides is 1. The quantitative estimate of drug-likeness (QED) is 0.295. The zero-order valence-electron chi connectivity index (χ0n) is 20.2. The first-order valence-corrected chi connectivity index (χ1v) is 14.0. The van der Waals surface area contributed by atoms with Crippen LogP contribution in [0.15, 0.2) is 83.8 Å². The predicted octanol–water partition coefficient (Wildman–Crippen LogP) is 6.18. The number of benzene rings is 3. The summed E-state index contributed by atoms with van der Waals surface area (Å²) in [5, 5.41) is 3.95. The highest BCUT2D eigenvalue weighted by atomic mass is 32.2. The lowest BCUT2D eigenvalue weighted by Crippen LogP contribution is -2.32. The van der Waals surface area contributed by atoms with E-state index in [4.69, 9.17) is 0 Å². The molecule has 182 valence electrons. The number of carbonyl (C=O) groups excluding carboxylic acids is 1. The first-order chi connectivity index (χ1) is 16.8. The SMILES string of the molecule is CCN(c1ccc2sc(C(=O)NC(C)CCc3ccccc3)cc2c1)S(=O)(=O)c1ccc(C)cc1. The van der Waals surface area contributed by atoms with Gasteiger partial charge in [-0.25, -0.2) is 8.42 Å². The summed E-state index contributed by atoms with van der Waals surface area (Å²) in [6.07, 6.45) is 1.76. The van der Waals surface area contributed by atoms with Crippen LogP contribution in [0.5, 0.6) is 0 Å². The number of nitrogens with one attached hydrogen (secondary N) is 1. The van der Waals surface area contributed by atoms with Crippen LogP contribution in [0.4, 0.5) is 5.69 Å². The monoisotopic (exact) mass is 506 g/mol. The summed E-state index contributed by atoms with van der Waals surface area (Å²) >= 11 is 1.42. The van der Waals surface area contributed by atoms with Gasteiger partial charge in [-0.15, -0.1) is 11.3 Å². The number of anilines is 1. The largest absolute Gasteiger partial charge is 0.349 e. The third kappa shape index (κ3) is 5.74. The Morgan fingerprint density at radius 2 is 1.71 bits per heavy atom. The molecule has 1 amide bonds. The molecular weight excluding hydrogens is 476 g/mol. The van der Waals surface area contributed by atoms with Crippen molar-refractivity contribution in [2.24, 2.45) is 0 Å². The second-order valence-corrected chi connectivity index (χ2v) is 11.7. The number of hydrogen-bond donors (Lipinski definition) is 1. The predicted molar refractivity (Wildman–Crippen MR) is 145 cm³/mol. The molecule has 3 aromatic carbocycles. The Morgan fingerprint density at radius 1 is 1.00 bits per heavy atom. The van der Waals surface area contributed by atoms with Crippen LogP contribution in [0.25, 0.3) is 10.1 Å². The molecule has 7 heteroatoms. The Bertz CT molecular complexity index is 1410. The molecule has 0 saturated heterocycles. The molecule has 4 aromatic rings. The Morgan fingerprint density at radius 3 is 2.40 bits per heavy atom. The maximum absolute atomic E-state index is 13.3. The minimum atomic E-state index is -3.69. The van der Waals surface area contributed by atoms with Crippen LogP contribution in [-0.4, -0.2) is 26.9 Å². The van der Waals surface area contributed by atoms with E-state index in [1.165, 1.54) is 21.2 Å². The van der Waals surface area contributed by atoms with Crippen LogP contribution in [0, 0.1) is 6.92 Å². The van der Waals surface area contributed by atoms with Crippen LogP contribution >= 0.6 is 11.3 Å². The first-order valence-electron chi connectivity index (χ1n) is 11.8. The number of carbonyl (C=O) groups is 1. The van der Waals surface area contributed by atoms with E-state index < -0.39 is 10.0 Å². The van der Waals surface area contributed by atoms with Crippen molar-refractivity contribution in [2.75, 3.05) is 10.8 Å². The average Bonchev–Trinajstić information content (AvgIpc) is 3.28. The third-order valence-corrected chi connectivity index (χ3v) is 9.03. The molecule has 0 saturated carbocycles. The van der Waals surface area contributed by atoms with E-state index in [2.05, 4.69) is 17.4 Å². The minimum Gasteiger partial charge on any atom is -0.349 e. The number of rotatable bonds is 9. The molecule has 1 heterocycles. The van der Waals surface area contributed by atoms with Gasteiger partial charge in [0.2, 0.25) is 0 Å². The fourth-order valence-electron chi connectivity index (χ4n) is 4.02. The summed E-state index contributed by atoms with van der Waals surface area (Å²) in [5.74, 6) is -0.104. The van der Waals surface area contributed by atoms with E-state index in [0.717, 1.165) is 28.5 Å². The summed E-state index contributed by atoms with van der Waals surface area (Å²) in [6.45, 7) is 6.06. The molecule has 1 atom stereocenters. The highest BCUT2D eigenvalue weighted by Crippen LogP contribution is 2.32. The number of nitrogens with zero attached hydrogens (tertiary/aromatic N) is 1. The van der Waals surface area contributed by atoms with Gasteiger partial charge in [0.25, 0.3) is 15.9 Å². The normalized spacial score (nSPS) is 12.4. The molecule has 0 radical (unpaired) electrons. The Kier molecular flexibility index (Phi) is 7.57. The number of hydrogen-bond acceptors (Lipinski definition) is 4. The van der Waals surface area contributed by atoms with Gasteiger partial charge in [0.05, 0.1) is 15.5 Å². The molecule has 35 heavy (non-hydrogen) atoms. The van der Waals surface area contributed by atoms with Crippen molar-refractivity contribution < 1.29 is 13.2 Å². The Hall–Kier alpha value is -3.16. The van der Waals surface area contributed by atoms with Crippen LogP contribution in [0.3, 0.4) is 0 Å². The Balaban J connectivity index is 1.50. The van der Waals surface area contributed by atoms with Crippen LogP contribution < -0.4 is 9.62 Å². The molecule has 4 rings (SSSR count). The molecule has 0 fully saturated rings. The van der Waals surface area contributed by atoms with E-state index in [1.807, 2.05) is 57.2 Å². The molecule has 1 unspecified atom stereocenters. The number of fused-ring (bicyclic) bond motifs is 1. The summed E-state index contributed by atoms with van der Waals surface area (Å²) < 4.78 is 28.9. The topological polar surface area (TPSA) is 66.5 Å². The average molecular weight is 507 g/mol. The van der Waals surface area contributed by atoms with E-state index in [0.29, 0.717) is 17.1 Å². The summed E-state index contributed by atoms with van der Waals surface area (Å²) in [7, 11) is -3.69. The number of amides is 1. The maximum atomic E-state index is 13.3. The van der Waals surface area contributed by atoms with Gasteiger partial charge in [-0.1, -0.05) is 48.0 Å². The van der Waals surface area contributed by atoms with Gasteiger partial charge < -0.3 is 5.32 Å². The number of thiophene rings is 1. The molecule has 0 aliphatic rings. The fraction of sp³-hybridized carbons (Fsp3) is 0.250. The van der Waals surface area contributed by atoms with Gasteiger partial charge >= 0.3 is 0 Å². The van der Waals surface area contributed by atoms with Crippen LogP contribution in [0.1, 0.15) is 41.1 Å². The van der Waals surface area contributed by atoms with E-state index in [1.54, 1.807) is 30.3 Å². The Labute approximate surface area is 211 Å². The van der Waals surface area contributed by atoms with Crippen molar-refractivity contribution in [3.63, 3.8) is 0 Å². The zero-order chi connectivity index (χ0) is 25.0. The maximum Gasteiger partial charge on any atom is 0.264 e. The second-order valence-electron chi connectivity index (χ2n) is 8.71. The van der Waals surface area contributed by atoms with Gasteiger partial charge in [-0.2, -0.15) is 0 Å². The van der Waals surface area contributed by atoms with Crippen molar-refractivity contribution in [1.82, 2.24) is 5.32 Å². The van der Waals surface area contributed by atoms with Crippen molar-refractivity contribution in [3.05, 3.63) is 94.9 Å². The molecule has 1 aromatic heterocycles. The van der Waals surface area contributed by atoms with Gasteiger partial charge in [-0.3, -0.25) is 9.10 Å². The lowest BCUT2D eigenvalue weighted by molar-refractivity contribution is 0.0942. The third-order valence-electron chi connectivity index (χ3n) is 5.99. The van der Waals surface area contributed by atoms with Gasteiger partial charge in [0.1, 0.15) is 0 Å². The molecule has 0 aliphatic heterocycles. The van der Waals surface area contributed by atoms with Crippen LogP contribution in [0.2, 0.25) is 0 Å². The molecule has 0 aliphatic carbocycles. The molecule has 5 nitrogen and oxygen atoms in total. The summed E-state index contributed by atoms with van der Waals surface area (Å²) in [5.41, 5.74) is 2.84. The van der Waals surface area contributed by atoms with Crippen molar-refractivity contribution in [1.29, 1.82) is 0 Å². The van der Waals surface area contributed by atoms with Gasteiger partial charge in [-0.05, 0) is 81.0 Å². The number of aryl methyl sites for hydroxylation is 2. The molecule has 0 spiro atoms. The van der Waals surface area contributed by atoms with Crippen molar-refractivity contribution >= 4 is 43.0 Å². The lowest BCUT2D eigenvalue weighted by Gasteiger charge is -2.23. The van der Waals surface area contributed by atoms with Crippen LogP contribution in [-0.2, 0) is 16.4 Å². The molecule has 1 N–H and O–H groups in total.